The van der Waals surface area contributed by atoms with Gasteiger partial charge < -0.3 is 10.2 Å². The summed E-state index contributed by atoms with van der Waals surface area (Å²) in [6.07, 6.45) is 4.01. The van der Waals surface area contributed by atoms with Gasteiger partial charge in [0.1, 0.15) is 5.82 Å². The van der Waals surface area contributed by atoms with Gasteiger partial charge in [-0.2, -0.15) is 0 Å². The number of anilines is 1. The lowest BCUT2D eigenvalue weighted by Crippen LogP contribution is -2.53. The van der Waals surface area contributed by atoms with Crippen molar-refractivity contribution in [3.63, 3.8) is 0 Å². The number of carbonyl (C=O) groups is 1. The summed E-state index contributed by atoms with van der Waals surface area (Å²) < 4.78 is 1.01. The Balaban J connectivity index is 0.00000353. The zero-order valence-corrected chi connectivity index (χ0v) is 24.4. The molecule has 0 unspecified atom stereocenters. The molecule has 0 aliphatic carbocycles. The first-order valence-corrected chi connectivity index (χ1v) is 14.6. The maximum atomic E-state index is 12.6. The minimum atomic E-state index is -0.180. The molecular weight excluding hydrogens is 585 g/mol. The molecule has 0 saturated carbocycles. The topological polar surface area (TPSA) is 51.7 Å². The fourth-order valence-electron chi connectivity index (χ4n) is 5.26. The fraction of sp³-hybridized carbons (Fsp3) is 0.379. The van der Waals surface area contributed by atoms with Gasteiger partial charge in [-0.15, -0.1) is 0 Å². The molecule has 9 heteroatoms. The number of nitrogens with one attached hydrogen (secondary N) is 1. The number of hydrogen-bond acceptors (Lipinski definition) is 5. The Kier molecular flexibility index (Phi) is 9.23. The number of piperidine rings is 1. The first-order chi connectivity index (χ1) is 18.4. The van der Waals surface area contributed by atoms with Gasteiger partial charge in [-0.3, -0.25) is 14.6 Å². The van der Waals surface area contributed by atoms with E-state index >= 15 is 0 Å². The van der Waals surface area contributed by atoms with Crippen molar-refractivity contribution in [2.45, 2.75) is 32.0 Å². The molecule has 1 N–H and O–H groups in total. The molecule has 38 heavy (non-hydrogen) atoms. The average Bonchev–Trinajstić information content (AvgIpc) is 2.94. The average molecular weight is 619 g/mol. The lowest BCUT2D eigenvalue weighted by Gasteiger charge is -2.43. The van der Waals surface area contributed by atoms with E-state index in [9.17, 15) is 4.79 Å². The highest BCUT2D eigenvalue weighted by Gasteiger charge is 2.28. The Morgan fingerprint density at radius 1 is 0.947 bits per heavy atom. The summed E-state index contributed by atoms with van der Waals surface area (Å²) in [7, 11) is 0. The van der Waals surface area contributed by atoms with Gasteiger partial charge in [0.05, 0.1) is 10.6 Å². The van der Waals surface area contributed by atoms with E-state index in [-0.39, 0.29) is 7.33 Å². The number of likely N-dealkylation sites (tertiary alicyclic amines) is 1. The van der Waals surface area contributed by atoms with Crippen LogP contribution in [0, 0.1) is 0 Å². The van der Waals surface area contributed by atoms with E-state index in [1.807, 2.05) is 36.4 Å². The number of aromatic nitrogens is 1. The van der Waals surface area contributed by atoms with Crippen LogP contribution in [0.3, 0.4) is 0 Å². The lowest BCUT2D eigenvalue weighted by molar-refractivity contribution is 0.0950. The van der Waals surface area contributed by atoms with Crippen LogP contribution in [0.2, 0.25) is 10.0 Å². The molecule has 2 fully saturated rings. The highest BCUT2D eigenvalue weighted by molar-refractivity contribution is 9.10. The van der Waals surface area contributed by atoms with Crippen LogP contribution in [-0.4, -0.2) is 66.0 Å². The second-order valence-electron chi connectivity index (χ2n) is 10.00. The molecule has 6 nitrogen and oxygen atoms in total. The fourth-order valence-corrected chi connectivity index (χ4v) is 5.94. The van der Waals surface area contributed by atoms with Crippen LogP contribution in [0.15, 0.2) is 65.3 Å². The van der Waals surface area contributed by atoms with Crippen molar-refractivity contribution in [2.24, 2.45) is 0 Å². The maximum Gasteiger partial charge on any atom is 0.253 e. The van der Waals surface area contributed by atoms with Crippen LogP contribution in [0.25, 0.3) is 0 Å². The molecule has 2 aliphatic rings. The Hall–Kier alpha value is -2.16. The van der Waals surface area contributed by atoms with Crippen molar-refractivity contribution in [3.8, 4) is 0 Å². The number of hydrogen-bond donors (Lipinski definition) is 1. The quantitative estimate of drug-likeness (QED) is 0.346. The van der Waals surface area contributed by atoms with Gasteiger partial charge >= 0.3 is 0 Å². The molecule has 0 spiro atoms. The largest absolute Gasteiger partial charge is 0.353 e. The summed E-state index contributed by atoms with van der Waals surface area (Å²) in [5.41, 5.74) is 2.82. The molecule has 3 heterocycles. The van der Waals surface area contributed by atoms with E-state index in [4.69, 9.17) is 23.2 Å². The van der Waals surface area contributed by atoms with E-state index in [0.29, 0.717) is 23.2 Å². The number of carbonyl (C=O) groups excluding carboxylic acids is 1. The summed E-state index contributed by atoms with van der Waals surface area (Å²) in [5, 5.41) is 4.25. The predicted octanol–water partition coefficient (Wildman–Crippen LogP) is 6.11. The highest BCUT2D eigenvalue weighted by atomic mass is 79.9. The number of amides is 1. The number of nitrogens with zero attached hydrogens (tertiary/aromatic N) is 4. The second-order valence-corrected chi connectivity index (χ2v) is 11.8. The van der Waals surface area contributed by atoms with Crippen LogP contribution >= 0.6 is 39.1 Å². The summed E-state index contributed by atoms with van der Waals surface area (Å²) in [6.45, 7) is 7.43. The van der Waals surface area contributed by atoms with Gasteiger partial charge in [0.2, 0.25) is 0 Å². The Labute approximate surface area is 244 Å². The third-order valence-electron chi connectivity index (χ3n) is 7.46. The van der Waals surface area contributed by atoms with Crippen molar-refractivity contribution in [3.05, 3.63) is 92.0 Å². The van der Waals surface area contributed by atoms with Crippen LogP contribution in [-0.2, 0) is 13.1 Å². The first kappa shape index (κ1) is 27.4. The smallest absolute Gasteiger partial charge is 0.253 e. The van der Waals surface area contributed by atoms with Gasteiger partial charge in [-0.05, 0) is 67.4 Å². The molecule has 0 radical (unpaired) electrons. The highest BCUT2D eigenvalue weighted by Crippen LogP contribution is 2.27. The number of benzene rings is 2. The summed E-state index contributed by atoms with van der Waals surface area (Å²) >= 11 is 16.0. The SMILES string of the molecule is O=C(NCc1ccc(Br)cc1)c1cnc(N2CCN(C3CCN(Cc4ccc(Cl)cc4)CC3)CC2)c(Cl)c1.[HH]. The number of piperazine rings is 1. The Morgan fingerprint density at radius 3 is 2.26 bits per heavy atom. The monoisotopic (exact) mass is 617 g/mol. The third-order valence-corrected chi connectivity index (χ3v) is 8.52. The minimum absolute atomic E-state index is 0. The number of halogens is 3. The molecule has 5 rings (SSSR count). The summed E-state index contributed by atoms with van der Waals surface area (Å²) in [4.78, 5) is 24.6. The molecular formula is C29H34BrCl2N5O. The van der Waals surface area contributed by atoms with Crippen molar-refractivity contribution in [1.82, 2.24) is 20.1 Å². The molecule has 1 amide bonds. The van der Waals surface area contributed by atoms with E-state index in [0.717, 1.165) is 66.7 Å². The van der Waals surface area contributed by atoms with Gasteiger partial charge in [0.15, 0.2) is 0 Å². The number of pyridine rings is 1. The van der Waals surface area contributed by atoms with Crippen LogP contribution in [0.5, 0.6) is 0 Å². The van der Waals surface area contributed by atoms with E-state index in [1.165, 1.54) is 18.4 Å². The Bertz CT molecular complexity index is 1230. The number of rotatable bonds is 7. The van der Waals surface area contributed by atoms with Crippen LogP contribution in [0.1, 0.15) is 35.8 Å². The standard InChI is InChI=1S/C29H32BrCl2N5O.H2/c30-24-5-1-21(2-6-24)18-34-29(38)23-17-27(32)28(33-19-23)37-15-13-36(14-16-37)26-9-11-35(12-10-26)20-22-3-7-25(31)8-4-22;/h1-8,17,19,26H,9-16,18,20H2,(H,34,38);1H. The van der Waals surface area contributed by atoms with Crippen molar-refractivity contribution in [1.29, 1.82) is 0 Å². The second kappa shape index (κ2) is 12.8. The molecule has 0 atom stereocenters. The van der Waals surface area contributed by atoms with E-state index in [1.54, 1.807) is 12.3 Å². The normalized spacial score (nSPS) is 17.5. The first-order valence-electron chi connectivity index (χ1n) is 13.1. The predicted molar refractivity (Wildman–Crippen MR) is 160 cm³/mol. The van der Waals surface area contributed by atoms with Crippen LogP contribution < -0.4 is 10.2 Å². The molecule has 202 valence electrons. The molecule has 2 aromatic carbocycles. The zero-order chi connectivity index (χ0) is 26.5. The van der Waals surface area contributed by atoms with Gasteiger partial charge in [0, 0.05) is 62.4 Å². The molecule has 2 saturated heterocycles. The molecule has 2 aliphatic heterocycles. The zero-order valence-electron chi connectivity index (χ0n) is 21.3. The summed E-state index contributed by atoms with van der Waals surface area (Å²) in [6, 6.07) is 18.4. The van der Waals surface area contributed by atoms with Gasteiger partial charge in [-0.1, -0.05) is 63.4 Å². The molecule has 1 aromatic heterocycles. The van der Waals surface area contributed by atoms with Gasteiger partial charge in [-0.25, -0.2) is 4.98 Å². The minimum Gasteiger partial charge on any atom is -0.353 e. The third kappa shape index (κ3) is 7.07. The Morgan fingerprint density at radius 2 is 1.61 bits per heavy atom. The molecule has 0 bridgehead atoms. The van der Waals surface area contributed by atoms with Crippen molar-refractivity contribution >= 4 is 50.9 Å². The van der Waals surface area contributed by atoms with Crippen LogP contribution in [0.4, 0.5) is 5.82 Å². The molecule has 3 aromatic rings. The van der Waals surface area contributed by atoms with Crippen molar-refractivity contribution in [2.75, 3.05) is 44.2 Å². The van der Waals surface area contributed by atoms with E-state index in [2.05, 4.69) is 53.1 Å². The lowest BCUT2D eigenvalue weighted by atomic mass is 10.0. The van der Waals surface area contributed by atoms with E-state index < -0.39 is 0 Å². The maximum absolute atomic E-state index is 12.6. The summed E-state index contributed by atoms with van der Waals surface area (Å²) in [5.74, 6) is 0.578. The van der Waals surface area contributed by atoms with Crippen molar-refractivity contribution < 1.29 is 6.22 Å². The van der Waals surface area contributed by atoms with Gasteiger partial charge in [0.25, 0.3) is 5.91 Å².